The number of rotatable bonds is 3. The summed E-state index contributed by atoms with van der Waals surface area (Å²) in [5, 5.41) is 18.2. The average Bonchev–Trinajstić information content (AvgIpc) is 2.44. The quantitative estimate of drug-likeness (QED) is 0.778. The number of nitrogens with two attached hydrogens (primary N) is 1. The number of hydrogen-bond donors (Lipinski definition) is 3. The van der Waals surface area contributed by atoms with Crippen LogP contribution in [-0.4, -0.2) is 22.2 Å². The molecule has 0 saturated heterocycles. The number of carboxylic acid groups (broad SMARTS) is 1. The van der Waals surface area contributed by atoms with Gasteiger partial charge in [-0.2, -0.15) is 0 Å². The first-order chi connectivity index (χ1) is 6.43. The molecule has 78 valence electrons. The van der Waals surface area contributed by atoms with Crippen molar-refractivity contribution in [3.8, 4) is 0 Å². The molecule has 0 aliphatic rings. The Morgan fingerprint density at radius 2 is 2.29 bits per heavy atom. The van der Waals surface area contributed by atoms with Crippen molar-refractivity contribution in [1.29, 1.82) is 0 Å². The third-order valence-electron chi connectivity index (χ3n) is 1.79. The molecule has 2 unspecified atom stereocenters. The monoisotopic (exact) mass is 279 g/mol. The summed E-state index contributed by atoms with van der Waals surface area (Å²) in [7, 11) is 0. The zero-order valence-corrected chi connectivity index (χ0v) is 9.80. The molecular formula is C8H10BrNO3S. The Morgan fingerprint density at radius 1 is 1.71 bits per heavy atom. The van der Waals surface area contributed by atoms with Crippen LogP contribution in [0.25, 0.3) is 0 Å². The summed E-state index contributed by atoms with van der Waals surface area (Å²) >= 11 is 4.61. The van der Waals surface area contributed by atoms with Crippen molar-refractivity contribution in [3.05, 3.63) is 20.3 Å². The molecule has 0 aliphatic carbocycles. The van der Waals surface area contributed by atoms with Gasteiger partial charge in [0.15, 0.2) is 0 Å². The summed E-state index contributed by atoms with van der Waals surface area (Å²) in [5.41, 5.74) is 5.29. The van der Waals surface area contributed by atoms with Gasteiger partial charge >= 0.3 is 5.97 Å². The molecule has 14 heavy (non-hydrogen) atoms. The highest BCUT2D eigenvalue weighted by Crippen LogP contribution is 2.31. The van der Waals surface area contributed by atoms with E-state index in [9.17, 15) is 9.90 Å². The molecule has 1 rings (SSSR count). The fourth-order valence-electron chi connectivity index (χ4n) is 0.939. The minimum Gasteiger partial charge on any atom is -0.480 e. The summed E-state index contributed by atoms with van der Waals surface area (Å²) in [6.45, 7) is 1.87. The van der Waals surface area contributed by atoms with Crippen LogP contribution in [0.4, 0.5) is 0 Å². The predicted molar refractivity (Wildman–Crippen MR) is 57.3 cm³/mol. The van der Waals surface area contributed by atoms with Gasteiger partial charge in [0.25, 0.3) is 0 Å². The second-order valence-electron chi connectivity index (χ2n) is 2.86. The standard InChI is InChI=1S/C8H10BrNO3S/c1-3-4(9)2-5(14-3)7(11)6(10)8(12)13/h2,6-7,11H,10H2,1H3,(H,12,13). The van der Waals surface area contributed by atoms with Crippen molar-refractivity contribution < 1.29 is 15.0 Å². The van der Waals surface area contributed by atoms with E-state index >= 15 is 0 Å². The van der Waals surface area contributed by atoms with Crippen molar-refractivity contribution in [3.63, 3.8) is 0 Å². The van der Waals surface area contributed by atoms with Crippen molar-refractivity contribution in [1.82, 2.24) is 0 Å². The van der Waals surface area contributed by atoms with Gasteiger partial charge in [0.05, 0.1) is 0 Å². The van der Waals surface area contributed by atoms with E-state index < -0.39 is 18.1 Å². The number of carboxylic acids is 1. The largest absolute Gasteiger partial charge is 0.480 e. The van der Waals surface area contributed by atoms with E-state index in [2.05, 4.69) is 15.9 Å². The molecule has 0 radical (unpaired) electrons. The normalized spacial score (nSPS) is 15.1. The average molecular weight is 280 g/mol. The Bertz CT molecular complexity index is 333. The van der Waals surface area contributed by atoms with Gasteiger partial charge < -0.3 is 15.9 Å². The minimum absolute atomic E-state index is 0.560. The van der Waals surface area contributed by atoms with E-state index in [4.69, 9.17) is 10.8 Å². The minimum atomic E-state index is -1.28. The molecule has 4 N–H and O–H groups in total. The molecule has 1 aromatic heterocycles. The maximum absolute atomic E-state index is 10.5. The van der Waals surface area contributed by atoms with Crippen LogP contribution in [-0.2, 0) is 4.79 Å². The van der Waals surface area contributed by atoms with E-state index in [0.29, 0.717) is 4.88 Å². The van der Waals surface area contributed by atoms with E-state index in [1.54, 1.807) is 6.07 Å². The summed E-state index contributed by atoms with van der Waals surface area (Å²) in [5.74, 6) is -1.21. The predicted octanol–water partition coefficient (Wildman–Crippen LogP) is 1.26. The molecular weight excluding hydrogens is 270 g/mol. The van der Waals surface area contributed by atoms with E-state index in [1.165, 1.54) is 11.3 Å². The molecule has 1 heterocycles. The fourth-order valence-corrected chi connectivity index (χ4v) is 2.53. The molecule has 2 atom stereocenters. The second kappa shape index (κ2) is 4.39. The lowest BCUT2D eigenvalue weighted by Gasteiger charge is -2.12. The SMILES string of the molecule is Cc1sc(C(O)C(N)C(=O)O)cc1Br. The highest BCUT2D eigenvalue weighted by atomic mass is 79.9. The summed E-state index contributed by atoms with van der Waals surface area (Å²) in [6.07, 6.45) is -1.15. The molecule has 0 amide bonds. The van der Waals surface area contributed by atoms with Crippen LogP contribution in [0.2, 0.25) is 0 Å². The number of carbonyl (C=O) groups is 1. The summed E-state index contributed by atoms with van der Waals surface area (Å²) in [6, 6.07) is 0.410. The molecule has 0 saturated carbocycles. The Kier molecular flexibility index (Phi) is 3.65. The number of hydrogen-bond acceptors (Lipinski definition) is 4. The van der Waals surface area contributed by atoms with Crippen LogP contribution in [0, 0.1) is 6.92 Å². The molecule has 0 fully saturated rings. The first kappa shape index (κ1) is 11.6. The van der Waals surface area contributed by atoms with Gasteiger partial charge in [-0.05, 0) is 28.9 Å². The van der Waals surface area contributed by atoms with Crippen molar-refractivity contribution >= 4 is 33.2 Å². The summed E-state index contributed by atoms with van der Waals surface area (Å²) in [4.78, 5) is 12.1. The van der Waals surface area contributed by atoms with Crippen LogP contribution in [0.5, 0.6) is 0 Å². The topological polar surface area (TPSA) is 83.5 Å². The highest BCUT2D eigenvalue weighted by molar-refractivity contribution is 9.10. The van der Waals surface area contributed by atoms with Gasteiger partial charge in [0.1, 0.15) is 12.1 Å². The number of aliphatic carboxylic acids is 1. The smallest absolute Gasteiger partial charge is 0.323 e. The highest BCUT2D eigenvalue weighted by Gasteiger charge is 2.25. The molecule has 6 heteroatoms. The van der Waals surface area contributed by atoms with E-state index in [1.807, 2.05) is 6.92 Å². The van der Waals surface area contributed by atoms with Gasteiger partial charge in [0.2, 0.25) is 0 Å². The van der Waals surface area contributed by atoms with Gasteiger partial charge in [-0.3, -0.25) is 4.79 Å². The Hall–Kier alpha value is -0.430. The number of thiophene rings is 1. The van der Waals surface area contributed by atoms with Gasteiger partial charge in [0, 0.05) is 14.2 Å². The van der Waals surface area contributed by atoms with Gasteiger partial charge in [-0.15, -0.1) is 11.3 Å². The lowest BCUT2D eigenvalue weighted by atomic mass is 10.1. The molecule has 0 aromatic carbocycles. The summed E-state index contributed by atoms with van der Waals surface area (Å²) < 4.78 is 0.856. The van der Waals surface area contributed by atoms with Crippen LogP contribution in [0.1, 0.15) is 15.9 Å². The van der Waals surface area contributed by atoms with Crippen LogP contribution in [0.3, 0.4) is 0 Å². The molecule has 4 nitrogen and oxygen atoms in total. The maximum atomic E-state index is 10.5. The fraction of sp³-hybridized carbons (Fsp3) is 0.375. The van der Waals surface area contributed by atoms with Crippen LogP contribution >= 0.6 is 27.3 Å². The van der Waals surface area contributed by atoms with Crippen molar-refractivity contribution in [2.75, 3.05) is 0 Å². The molecule has 0 spiro atoms. The number of aryl methyl sites for hydroxylation is 1. The van der Waals surface area contributed by atoms with Gasteiger partial charge in [-0.25, -0.2) is 0 Å². The first-order valence-corrected chi connectivity index (χ1v) is 5.46. The lowest BCUT2D eigenvalue weighted by Crippen LogP contribution is -2.36. The number of aliphatic hydroxyl groups excluding tert-OH is 1. The third-order valence-corrected chi connectivity index (χ3v) is 4.00. The molecule has 0 bridgehead atoms. The Morgan fingerprint density at radius 3 is 2.64 bits per heavy atom. The zero-order chi connectivity index (χ0) is 10.9. The van der Waals surface area contributed by atoms with E-state index in [0.717, 1.165) is 9.35 Å². The Labute approximate surface area is 93.5 Å². The molecule has 0 aliphatic heterocycles. The maximum Gasteiger partial charge on any atom is 0.323 e. The van der Waals surface area contributed by atoms with Crippen LogP contribution in [0.15, 0.2) is 10.5 Å². The van der Waals surface area contributed by atoms with Crippen molar-refractivity contribution in [2.45, 2.75) is 19.1 Å². The molecule has 1 aromatic rings. The van der Waals surface area contributed by atoms with E-state index in [-0.39, 0.29) is 0 Å². The number of aliphatic hydroxyl groups is 1. The third kappa shape index (κ3) is 2.33. The lowest BCUT2D eigenvalue weighted by molar-refractivity contribution is -0.141. The first-order valence-electron chi connectivity index (χ1n) is 3.85. The second-order valence-corrected chi connectivity index (χ2v) is 5.00. The van der Waals surface area contributed by atoms with Crippen molar-refractivity contribution in [2.24, 2.45) is 5.73 Å². The zero-order valence-electron chi connectivity index (χ0n) is 7.40. The number of halogens is 1. The van der Waals surface area contributed by atoms with Gasteiger partial charge in [-0.1, -0.05) is 0 Å². The Balaban J connectivity index is 2.89. The van der Waals surface area contributed by atoms with Crippen LogP contribution < -0.4 is 5.73 Å².